The van der Waals surface area contributed by atoms with Crippen molar-refractivity contribution in [2.45, 2.75) is 26.2 Å². The molecule has 0 aliphatic carbocycles. The maximum atomic E-state index is 13.2. The minimum absolute atomic E-state index is 0.0793. The number of aryl methyl sites for hydroxylation is 1. The Hall–Kier alpha value is -3.55. The van der Waals surface area contributed by atoms with Gasteiger partial charge >= 0.3 is 12.2 Å². The summed E-state index contributed by atoms with van der Waals surface area (Å²) in [4.78, 5) is 20.1. The molecule has 0 spiro atoms. The van der Waals surface area contributed by atoms with Crippen LogP contribution in [-0.4, -0.2) is 24.4 Å². The largest absolute Gasteiger partial charge is 0.433 e. The van der Waals surface area contributed by atoms with Gasteiger partial charge in [-0.2, -0.15) is 26.3 Å². The Labute approximate surface area is 193 Å². The predicted molar refractivity (Wildman–Crippen MR) is 119 cm³/mol. The quantitative estimate of drug-likeness (QED) is 0.400. The Morgan fingerprint density at radius 1 is 1.09 bits per heavy atom. The molecule has 13 heteroatoms. The van der Waals surface area contributed by atoms with E-state index in [0.29, 0.717) is 22.5 Å². The van der Waals surface area contributed by atoms with Crippen LogP contribution in [0.5, 0.6) is 0 Å². The van der Waals surface area contributed by atoms with Gasteiger partial charge in [0.15, 0.2) is 0 Å². The van der Waals surface area contributed by atoms with E-state index < -0.39 is 28.1 Å². The normalized spacial score (nSPS) is 11.8. The molecular formula is C21H21F3N6O3S. The van der Waals surface area contributed by atoms with Crippen molar-refractivity contribution in [3.63, 3.8) is 0 Å². The maximum Gasteiger partial charge on any atom is 0.433 e. The van der Waals surface area contributed by atoms with Crippen molar-refractivity contribution in [1.82, 2.24) is 20.0 Å². The van der Waals surface area contributed by atoms with Gasteiger partial charge in [-0.15, -0.1) is 0 Å². The number of hydrogen-bond acceptors (Lipinski definition) is 5. The number of urea groups is 1. The molecule has 0 aliphatic rings. The van der Waals surface area contributed by atoms with Gasteiger partial charge in [-0.25, -0.2) is 14.9 Å². The first-order chi connectivity index (χ1) is 15.9. The fourth-order valence-electron chi connectivity index (χ4n) is 2.96. The minimum atomic E-state index is -4.61. The number of benzene rings is 1. The van der Waals surface area contributed by atoms with Crippen LogP contribution in [0, 0.1) is 6.92 Å². The number of carbonyl (C=O) groups excluding carboxylic acids is 1. The number of amides is 2. The van der Waals surface area contributed by atoms with E-state index in [1.807, 2.05) is 13.0 Å². The molecule has 0 unspecified atom stereocenters. The zero-order valence-corrected chi connectivity index (χ0v) is 18.7. The molecule has 0 radical (unpaired) electrons. The summed E-state index contributed by atoms with van der Waals surface area (Å²) in [6.07, 6.45) is -3.29. The monoisotopic (exact) mass is 494 g/mol. The summed E-state index contributed by atoms with van der Waals surface area (Å²) in [6, 6.07) is 11.4. The third-order valence-corrected chi connectivity index (χ3v) is 5.08. The van der Waals surface area contributed by atoms with E-state index in [2.05, 4.69) is 25.3 Å². The molecule has 2 amide bonds. The number of aromatic nitrogens is 2. The van der Waals surface area contributed by atoms with Crippen molar-refractivity contribution < 1.29 is 26.4 Å². The lowest BCUT2D eigenvalue weighted by atomic mass is 10.0. The number of hydrogen-bond donors (Lipinski definition) is 4. The van der Waals surface area contributed by atoms with Gasteiger partial charge in [0, 0.05) is 12.1 Å². The highest BCUT2D eigenvalue weighted by Crippen LogP contribution is 2.31. The van der Waals surface area contributed by atoms with Gasteiger partial charge in [0.1, 0.15) is 5.69 Å². The molecular weight excluding hydrogens is 473 g/mol. The van der Waals surface area contributed by atoms with Crippen molar-refractivity contribution in [3.8, 4) is 11.3 Å². The molecule has 0 saturated carbocycles. The fraction of sp³-hybridized carbons (Fsp3) is 0.190. The zero-order chi connectivity index (χ0) is 24.9. The second kappa shape index (κ2) is 10.2. The lowest BCUT2D eigenvalue weighted by molar-refractivity contribution is -0.141. The van der Waals surface area contributed by atoms with Crippen LogP contribution in [0.15, 0.2) is 54.7 Å². The highest BCUT2D eigenvalue weighted by Gasteiger charge is 2.33. The van der Waals surface area contributed by atoms with Crippen LogP contribution in [0.1, 0.15) is 22.5 Å². The third-order valence-electron chi connectivity index (χ3n) is 4.54. The zero-order valence-electron chi connectivity index (χ0n) is 17.8. The van der Waals surface area contributed by atoms with Crippen molar-refractivity contribution >= 4 is 21.9 Å². The average Bonchev–Trinajstić information content (AvgIpc) is 2.76. The summed E-state index contributed by atoms with van der Waals surface area (Å²) in [5.74, 6) is 0. The van der Waals surface area contributed by atoms with E-state index in [4.69, 9.17) is 5.14 Å². The van der Waals surface area contributed by atoms with E-state index in [1.54, 1.807) is 18.2 Å². The third kappa shape index (κ3) is 7.23. The van der Waals surface area contributed by atoms with Gasteiger partial charge < -0.3 is 10.6 Å². The Morgan fingerprint density at radius 2 is 1.85 bits per heavy atom. The first-order valence-electron chi connectivity index (χ1n) is 9.82. The Balaban J connectivity index is 1.70. The van der Waals surface area contributed by atoms with Gasteiger partial charge in [-0.1, -0.05) is 29.8 Å². The van der Waals surface area contributed by atoms with Crippen LogP contribution >= 0.6 is 0 Å². The Kier molecular flexibility index (Phi) is 7.49. The fourth-order valence-corrected chi connectivity index (χ4v) is 3.31. The number of rotatable bonds is 7. The summed E-state index contributed by atoms with van der Waals surface area (Å²) in [7, 11) is -3.86. The molecule has 0 fully saturated rings. The summed E-state index contributed by atoms with van der Waals surface area (Å²) in [6.45, 7) is 1.62. The smallest absolute Gasteiger partial charge is 0.334 e. The van der Waals surface area contributed by atoms with Gasteiger partial charge in [0.05, 0.1) is 29.8 Å². The summed E-state index contributed by atoms with van der Waals surface area (Å²) < 4.78 is 63.5. The molecule has 0 bridgehead atoms. The van der Waals surface area contributed by atoms with E-state index in [-0.39, 0.29) is 18.8 Å². The van der Waals surface area contributed by atoms with Crippen LogP contribution in [0.2, 0.25) is 0 Å². The van der Waals surface area contributed by atoms with Crippen molar-refractivity contribution in [2.75, 3.05) is 5.32 Å². The number of nitrogens with zero attached hydrogens (tertiary/aromatic N) is 2. The van der Waals surface area contributed by atoms with Crippen molar-refractivity contribution in [3.05, 3.63) is 77.2 Å². The Morgan fingerprint density at radius 3 is 2.47 bits per heavy atom. The molecule has 5 N–H and O–H groups in total. The maximum absolute atomic E-state index is 13.2. The molecule has 0 saturated heterocycles. The number of anilines is 1. The van der Waals surface area contributed by atoms with Crippen molar-refractivity contribution in [1.29, 1.82) is 0 Å². The molecule has 1 aromatic carbocycles. The van der Waals surface area contributed by atoms with Crippen molar-refractivity contribution in [2.24, 2.45) is 5.14 Å². The summed E-state index contributed by atoms with van der Waals surface area (Å²) >= 11 is 0. The van der Waals surface area contributed by atoms with Gasteiger partial charge in [-0.05, 0) is 36.8 Å². The van der Waals surface area contributed by atoms with E-state index in [1.165, 1.54) is 24.4 Å². The highest BCUT2D eigenvalue weighted by molar-refractivity contribution is 7.87. The second-order valence-corrected chi connectivity index (χ2v) is 8.66. The lowest BCUT2D eigenvalue weighted by Crippen LogP contribution is -2.30. The van der Waals surface area contributed by atoms with E-state index in [9.17, 15) is 26.4 Å². The lowest BCUT2D eigenvalue weighted by Gasteiger charge is -2.14. The summed E-state index contributed by atoms with van der Waals surface area (Å²) in [5.41, 5.74) is 1.53. The molecule has 2 aromatic heterocycles. The number of nitrogens with two attached hydrogens (primary N) is 1. The predicted octanol–water partition coefficient (Wildman–Crippen LogP) is 3.09. The van der Waals surface area contributed by atoms with Crippen LogP contribution in [0.3, 0.4) is 0 Å². The number of pyridine rings is 2. The number of nitrogens with one attached hydrogen (secondary N) is 3. The average molecular weight is 494 g/mol. The second-order valence-electron chi connectivity index (χ2n) is 7.28. The number of carbonyl (C=O) groups is 1. The Bertz CT molecular complexity index is 1280. The van der Waals surface area contributed by atoms with Crippen LogP contribution in [0.25, 0.3) is 11.3 Å². The molecule has 3 aromatic rings. The van der Waals surface area contributed by atoms with Crippen LogP contribution in [0.4, 0.5) is 23.7 Å². The van der Waals surface area contributed by atoms with Crippen LogP contribution < -0.4 is 20.5 Å². The summed E-state index contributed by atoms with van der Waals surface area (Å²) in [5, 5.41) is 9.98. The van der Waals surface area contributed by atoms with Crippen LogP contribution in [-0.2, 0) is 29.5 Å². The van der Waals surface area contributed by atoms with Gasteiger partial charge in [-0.3, -0.25) is 4.98 Å². The highest BCUT2D eigenvalue weighted by atomic mass is 32.2. The first kappa shape index (κ1) is 25.1. The molecule has 9 nitrogen and oxygen atoms in total. The molecule has 0 atom stereocenters. The molecule has 34 heavy (non-hydrogen) atoms. The van der Waals surface area contributed by atoms with Gasteiger partial charge in [0.25, 0.3) is 10.2 Å². The molecule has 3 rings (SSSR count). The molecule has 2 heterocycles. The standard InChI is InChI=1S/C21H21F3N6O3S/c1-13-3-2-4-14(9-13)19-15(5-8-18(30-19)21(22,23)24)10-27-20(31)29-17-7-6-16(26-11-17)12-28-34(25,32)33/h2-9,11,28H,10,12H2,1H3,(H2,25,32,33)(H2,27,29,31). The van der Waals surface area contributed by atoms with Gasteiger partial charge in [0.2, 0.25) is 0 Å². The SMILES string of the molecule is Cc1cccc(-c2nc(C(F)(F)F)ccc2CNC(=O)Nc2ccc(CNS(N)(=O)=O)nc2)c1. The van der Waals surface area contributed by atoms with E-state index >= 15 is 0 Å². The minimum Gasteiger partial charge on any atom is -0.334 e. The first-order valence-corrected chi connectivity index (χ1v) is 11.4. The molecule has 0 aliphatic heterocycles. The number of halogens is 3. The molecule has 180 valence electrons. The topological polar surface area (TPSA) is 139 Å². The van der Waals surface area contributed by atoms with E-state index in [0.717, 1.165) is 11.6 Å². The number of alkyl halides is 3.